The van der Waals surface area contributed by atoms with Crippen LogP contribution in [0, 0.1) is 0 Å². The van der Waals surface area contributed by atoms with E-state index < -0.39 is 0 Å². The molecule has 0 unspecified atom stereocenters. The summed E-state index contributed by atoms with van der Waals surface area (Å²) in [5.74, 6) is 1.39. The molecule has 1 heterocycles. The summed E-state index contributed by atoms with van der Waals surface area (Å²) in [6.07, 6.45) is 1.59. The Balaban J connectivity index is 2.28. The second kappa shape index (κ2) is 6.38. The van der Waals surface area contributed by atoms with Gasteiger partial charge in [0.05, 0.1) is 7.11 Å². The van der Waals surface area contributed by atoms with Crippen molar-refractivity contribution in [2.75, 3.05) is 12.9 Å². The quantitative estimate of drug-likeness (QED) is 0.618. The van der Waals surface area contributed by atoms with E-state index in [1.54, 1.807) is 30.1 Å². The molecule has 0 amide bonds. The molecule has 3 nitrogen and oxygen atoms in total. The van der Waals surface area contributed by atoms with Crippen LogP contribution in [-0.4, -0.2) is 23.6 Å². The fraction of sp³-hybridized carbons (Fsp3) is 0.200. The highest BCUT2D eigenvalue weighted by Gasteiger charge is 2.15. The molecule has 0 aliphatic rings. The summed E-state index contributed by atoms with van der Waals surface area (Å²) in [6.45, 7) is 2.10. The van der Waals surface area contributed by atoms with Gasteiger partial charge in [-0.1, -0.05) is 6.92 Å². The van der Waals surface area contributed by atoms with Gasteiger partial charge >= 0.3 is 0 Å². The maximum Gasteiger partial charge on any atom is 0.215 e. The zero-order chi connectivity index (χ0) is 13.7. The number of hydrogen-bond donors (Lipinski definition) is 0. The molecule has 19 heavy (non-hydrogen) atoms. The molecular formula is C15H15NO2S. The Labute approximate surface area is 117 Å². The monoisotopic (exact) mass is 273 g/mol. The molecule has 0 bridgehead atoms. The first-order valence-corrected chi connectivity index (χ1v) is 7.01. The van der Waals surface area contributed by atoms with E-state index in [9.17, 15) is 4.79 Å². The van der Waals surface area contributed by atoms with Crippen LogP contribution >= 0.6 is 11.8 Å². The molecule has 0 fully saturated rings. The minimum absolute atomic E-state index is 0.120. The maximum absolute atomic E-state index is 12.3. The third-order valence-electron chi connectivity index (χ3n) is 2.63. The molecule has 1 aromatic heterocycles. The van der Waals surface area contributed by atoms with Crippen molar-refractivity contribution in [3.8, 4) is 5.75 Å². The Kier molecular flexibility index (Phi) is 4.58. The maximum atomic E-state index is 12.3. The number of benzene rings is 1. The van der Waals surface area contributed by atoms with Crippen LogP contribution < -0.4 is 4.74 Å². The van der Waals surface area contributed by atoms with E-state index in [1.807, 2.05) is 24.3 Å². The molecule has 0 aliphatic heterocycles. The molecule has 0 radical (unpaired) electrons. The molecule has 2 aromatic rings. The number of pyridine rings is 1. The van der Waals surface area contributed by atoms with Crippen molar-refractivity contribution >= 4 is 17.5 Å². The minimum atomic E-state index is -0.120. The Morgan fingerprint density at radius 2 is 2.00 bits per heavy atom. The van der Waals surface area contributed by atoms with Gasteiger partial charge in [-0.2, -0.15) is 0 Å². The summed E-state index contributed by atoms with van der Waals surface area (Å²) in [6, 6.07) is 11.1. The fourth-order valence-electron chi connectivity index (χ4n) is 1.73. The van der Waals surface area contributed by atoms with Gasteiger partial charge in [0.1, 0.15) is 5.75 Å². The Morgan fingerprint density at radius 1 is 1.26 bits per heavy atom. The molecule has 0 saturated carbocycles. The van der Waals surface area contributed by atoms with Gasteiger partial charge in [0, 0.05) is 16.7 Å². The van der Waals surface area contributed by atoms with Crippen LogP contribution in [0.3, 0.4) is 0 Å². The summed E-state index contributed by atoms with van der Waals surface area (Å²) < 4.78 is 5.16. The van der Waals surface area contributed by atoms with Crippen LogP contribution in [0.5, 0.6) is 5.75 Å². The number of ketones is 1. The van der Waals surface area contributed by atoms with Gasteiger partial charge in [-0.3, -0.25) is 4.79 Å². The Hall–Kier alpha value is -1.81. The Bertz CT molecular complexity index is 567. The Morgan fingerprint density at radius 3 is 2.63 bits per heavy atom. The third-order valence-corrected chi connectivity index (χ3v) is 3.53. The van der Waals surface area contributed by atoms with Crippen LogP contribution in [0.1, 0.15) is 23.0 Å². The number of carbonyl (C=O) groups is 1. The molecule has 2 rings (SSSR count). The molecule has 0 spiro atoms. The van der Waals surface area contributed by atoms with Gasteiger partial charge in [-0.05, 0) is 42.2 Å². The molecule has 4 heteroatoms. The second-order valence-electron chi connectivity index (χ2n) is 3.84. The van der Waals surface area contributed by atoms with Gasteiger partial charge in [-0.25, -0.2) is 4.98 Å². The largest absolute Gasteiger partial charge is 0.494 e. The van der Waals surface area contributed by atoms with Crippen molar-refractivity contribution in [3.05, 3.63) is 53.9 Å². The van der Waals surface area contributed by atoms with Gasteiger partial charge in [0.2, 0.25) is 5.78 Å². The molecule has 0 saturated heterocycles. The first kappa shape index (κ1) is 13.6. The minimum Gasteiger partial charge on any atom is -0.494 e. The lowest BCUT2D eigenvalue weighted by molar-refractivity contribution is 0.103. The average molecular weight is 273 g/mol. The molecule has 98 valence electrons. The smallest absolute Gasteiger partial charge is 0.215 e. The van der Waals surface area contributed by atoms with E-state index in [1.165, 1.54) is 7.11 Å². The standard InChI is InChI=1S/C15H15NO2S/c1-3-19-12-8-6-11(7-9-12)15(17)14-13(18-2)5-4-10-16-14/h4-10H,3H2,1-2H3. The number of hydrogen-bond acceptors (Lipinski definition) is 4. The van der Waals surface area contributed by atoms with Crippen LogP contribution in [0.2, 0.25) is 0 Å². The van der Waals surface area contributed by atoms with Crippen molar-refractivity contribution in [1.82, 2.24) is 4.98 Å². The first-order valence-electron chi connectivity index (χ1n) is 6.02. The summed E-state index contributed by atoms with van der Waals surface area (Å²) in [7, 11) is 1.54. The number of carbonyl (C=O) groups excluding carboxylic acids is 1. The summed E-state index contributed by atoms with van der Waals surface area (Å²) in [5.41, 5.74) is 0.971. The zero-order valence-electron chi connectivity index (χ0n) is 10.9. The number of ether oxygens (including phenoxy) is 1. The lowest BCUT2D eigenvalue weighted by Gasteiger charge is -2.06. The number of methoxy groups -OCH3 is 1. The van der Waals surface area contributed by atoms with Crippen LogP contribution in [0.4, 0.5) is 0 Å². The van der Waals surface area contributed by atoms with E-state index in [2.05, 4.69) is 11.9 Å². The predicted octanol–water partition coefficient (Wildman–Crippen LogP) is 3.43. The fourth-order valence-corrected chi connectivity index (χ4v) is 2.39. The van der Waals surface area contributed by atoms with Crippen molar-refractivity contribution in [3.63, 3.8) is 0 Å². The van der Waals surface area contributed by atoms with Crippen molar-refractivity contribution < 1.29 is 9.53 Å². The van der Waals surface area contributed by atoms with E-state index in [-0.39, 0.29) is 5.78 Å². The van der Waals surface area contributed by atoms with Crippen molar-refractivity contribution in [2.45, 2.75) is 11.8 Å². The van der Waals surface area contributed by atoms with Crippen molar-refractivity contribution in [1.29, 1.82) is 0 Å². The molecule has 0 aliphatic carbocycles. The van der Waals surface area contributed by atoms with Crippen LogP contribution in [0.15, 0.2) is 47.5 Å². The van der Waals surface area contributed by atoms with E-state index >= 15 is 0 Å². The van der Waals surface area contributed by atoms with Gasteiger partial charge in [0.15, 0.2) is 5.69 Å². The summed E-state index contributed by atoms with van der Waals surface area (Å²) in [4.78, 5) is 17.6. The van der Waals surface area contributed by atoms with Gasteiger partial charge in [0.25, 0.3) is 0 Å². The summed E-state index contributed by atoms with van der Waals surface area (Å²) >= 11 is 1.75. The topological polar surface area (TPSA) is 39.2 Å². The van der Waals surface area contributed by atoms with Gasteiger partial charge in [-0.15, -0.1) is 11.8 Å². The first-order chi connectivity index (χ1) is 9.26. The normalized spacial score (nSPS) is 10.2. The van der Waals surface area contributed by atoms with Crippen LogP contribution in [0.25, 0.3) is 0 Å². The van der Waals surface area contributed by atoms with Crippen LogP contribution in [-0.2, 0) is 0 Å². The number of rotatable bonds is 5. The molecule has 1 aromatic carbocycles. The highest BCUT2D eigenvalue weighted by atomic mass is 32.2. The molecule has 0 atom stereocenters. The number of nitrogens with zero attached hydrogens (tertiary/aromatic N) is 1. The lowest BCUT2D eigenvalue weighted by Crippen LogP contribution is -2.06. The van der Waals surface area contributed by atoms with E-state index in [0.29, 0.717) is 17.0 Å². The van der Waals surface area contributed by atoms with E-state index in [0.717, 1.165) is 10.6 Å². The molecule has 0 N–H and O–H groups in total. The average Bonchev–Trinajstić information content (AvgIpc) is 2.47. The molecular weight excluding hydrogens is 258 g/mol. The van der Waals surface area contributed by atoms with Gasteiger partial charge < -0.3 is 4.74 Å². The SMILES string of the molecule is CCSc1ccc(C(=O)c2ncccc2OC)cc1. The number of thioether (sulfide) groups is 1. The summed E-state index contributed by atoms with van der Waals surface area (Å²) in [5, 5.41) is 0. The predicted molar refractivity (Wildman–Crippen MR) is 77.1 cm³/mol. The van der Waals surface area contributed by atoms with E-state index in [4.69, 9.17) is 4.74 Å². The highest BCUT2D eigenvalue weighted by molar-refractivity contribution is 7.99. The number of aromatic nitrogens is 1. The third kappa shape index (κ3) is 3.15. The second-order valence-corrected chi connectivity index (χ2v) is 5.18. The van der Waals surface area contributed by atoms with Crippen molar-refractivity contribution in [2.24, 2.45) is 0 Å². The lowest BCUT2D eigenvalue weighted by atomic mass is 10.1. The zero-order valence-corrected chi connectivity index (χ0v) is 11.7. The highest BCUT2D eigenvalue weighted by Crippen LogP contribution is 2.21.